The molecule has 0 saturated heterocycles. The molecule has 2 aromatic rings. The van der Waals surface area contributed by atoms with E-state index in [1.807, 2.05) is 6.07 Å². The summed E-state index contributed by atoms with van der Waals surface area (Å²) >= 11 is 0. The Hall–Kier alpha value is -2.21. The fourth-order valence-corrected chi connectivity index (χ4v) is 1.65. The zero-order valence-corrected chi connectivity index (χ0v) is 8.95. The van der Waals surface area contributed by atoms with Gasteiger partial charge < -0.3 is 0 Å². The molecule has 3 heteroatoms. The number of benzene rings is 2. The minimum absolute atomic E-state index is 0.159. The van der Waals surface area contributed by atoms with Gasteiger partial charge in [0.2, 0.25) is 0 Å². The summed E-state index contributed by atoms with van der Waals surface area (Å²) in [6.07, 6.45) is 0.159. The van der Waals surface area contributed by atoms with Gasteiger partial charge in [-0.1, -0.05) is 12.1 Å². The summed E-state index contributed by atoms with van der Waals surface area (Å²) in [6, 6.07) is 12.2. The molecule has 2 rings (SSSR count). The normalized spacial score (nSPS) is 9.94. The van der Waals surface area contributed by atoms with Gasteiger partial charge >= 0.3 is 0 Å². The quantitative estimate of drug-likeness (QED) is 0.770. The summed E-state index contributed by atoms with van der Waals surface area (Å²) in [5.41, 5.74) is 1.99. The van der Waals surface area contributed by atoms with Gasteiger partial charge in [0, 0.05) is 0 Å². The Bertz CT molecular complexity index is 568. The lowest BCUT2D eigenvalue weighted by atomic mass is 10.0. The monoisotopic (exact) mass is 229 g/mol. The number of hydrogen-bond acceptors (Lipinski definition) is 1. The highest BCUT2D eigenvalue weighted by Crippen LogP contribution is 2.22. The van der Waals surface area contributed by atoms with E-state index >= 15 is 0 Å². The van der Waals surface area contributed by atoms with Crippen molar-refractivity contribution in [2.75, 3.05) is 0 Å². The molecule has 1 nitrogen and oxygen atoms in total. The zero-order chi connectivity index (χ0) is 12.3. The van der Waals surface area contributed by atoms with E-state index in [2.05, 4.69) is 0 Å². The second-order valence-corrected chi connectivity index (χ2v) is 3.69. The molecule has 0 N–H and O–H groups in total. The van der Waals surface area contributed by atoms with Crippen molar-refractivity contribution >= 4 is 0 Å². The van der Waals surface area contributed by atoms with Crippen molar-refractivity contribution in [2.24, 2.45) is 0 Å². The Balaban J connectivity index is 2.45. The third kappa shape index (κ3) is 2.67. The lowest BCUT2D eigenvalue weighted by Gasteiger charge is -2.04. The van der Waals surface area contributed by atoms with E-state index in [0.29, 0.717) is 11.1 Å². The van der Waals surface area contributed by atoms with Gasteiger partial charge in [-0.3, -0.25) is 0 Å². The average Bonchev–Trinajstić information content (AvgIpc) is 2.29. The van der Waals surface area contributed by atoms with Gasteiger partial charge in [0.1, 0.15) is 11.6 Å². The summed E-state index contributed by atoms with van der Waals surface area (Å²) in [7, 11) is 0. The molecular weight excluding hydrogens is 220 g/mol. The van der Waals surface area contributed by atoms with Crippen LogP contribution < -0.4 is 0 Å². The van der Waals surface area contributed by atoms with Crippen molar-refractivity contribution in [3.05, 3.63) is 59.7 Å². The Kier molecular flexibility index (Phi) is 3.15. The van der Waals surface area contributed by atoms with E-state index < -0.39 is 5.82 Å². The van der Waals surface area contributed by atoms with Crippen LogP contribution in [0.5, 0.6) is 0 Å². The summed E-state index contributed by atoms with van der Waals surface area (Å²) in [5, 5.41) is 8.59. The molecular formula is C14H9F2N. The van der Waals surface area contributed by atoms with Crippen molar-refractivity contribution in [2.45, 2.75) is 6.42 Å². The van der Waals surface area contributed by atoms with E-state index in [0.717, 1.165) is 5.56 Å². The first kappa shape index (κ1) is 11.3. The second kappa shape index (κ2) is 4.75. The van der Waals surface area contributed by atoms with Crippen LogP contribution in [0.3, 0.4) is 0 Å². The molecule has 0 bridgehead atoms. The molecule has 0 amide bonds. The first-order valence-corrected chi connectivity index (χ1v) is 5.11. The minimum atomic E-state index is -0.392. The first-order valence-electron chi connectivity index (χ1n) is 5.11. The highest BCUT2D eigenvalue weighted by Gasteiger charge is 2.03. The zero-order valence-electron chi connectivity index (χ0n) is 8.95. The van der Waals surface area contributed by atoms with Gasteiger partial charge in [0.15, 0.2) is 0 Å². The van der Waals surface area contributed by atoms with Crippen LogP contribution in [0.1, 0.15) is 5.56 Å². The van der Waals surface area contributed by atoms with Crippen LogP contribution in [0, 0.1) is 23.0 Å². The van der Waals surface area contributed by atoms with Crippen molar-refractivity contribution in [3.8, 4) is 17.2 Å². The van der Waals surface area contributed by atoms with Crippen molar-refractivity contribution in [3.63, 3.8) is 0 Å². The molecule has 17 heavy (non-hydrogen) atoms. The summed E-state index contributed by atoms with van der Waals surface area (Å²) in [5.74, 6) is -0.723. The molecule has 0 fully saturated rings. The fraction of sp³-hybridized carbons (Fsp3) is 0.0714. The van der Waals surface area contributed by atoms with Crippen LogP contribution in [0.4, 0.5) is 8.78 Å². The van der Waals surface area contributed by atoms with E-state index in [-0.39, 0.29) is 12.2 Å². The molecule has 0 aliphatic heterocycles. The highest BCUT2D eigenvalue weighted by molar-refractivity contribution is 5.64. The summed E-state index contributed by atoms with van der Waals surface area (Å²) < 4.78 is 26.1. The van der Waals surface area contributed by atoms with E-state index in [9.17, 15) is 8.78 Å². The predicted octanol–water partition coefficient (Wildman–Crippen LogP) is 3.70. The molecule has 0 atom stereocenters. The van der Waals surface area contributed by atoms with E-state index in [1.165, 1.54) is 24.3 Å². The number of hydrogen-bond donors (Lipinski definition) is 0. The lowest BCUT2D eigenvalue weighted by Crippen LogP contribution is -1.87. The highest BCUT2D eigenvalue weighted by atomic mass is 19.1. The Morgan fingerprint density at radius 3 is 2.24 bits per heavy atom. The number of rotatable bonds is 2. The largest absolute Gasteiger partial charge is 0.207 e. The van der Waals surface area contributed by atoms with E-state index in [1.54, 1.807) is 18.2 Å². The smallest absolute Gasteiger partial charge is 0.124 e. The molecule has 0 spiro atoms. The molecule has 2 aromatic carbocycles. The third-order valence-corrected chi connectivity index (χ3v) is 2.42. The Labute approximate surface area is 97.9 Å². The molecule has 0 aliphatic rings. The van der Waals surface area contributed by atoms with Gasteiger partial charge in [-0.2, -0.15) is 5.26 Å². The molecule has 0 saturated carbocycles. The summed E-state index contributed by atoms with van der Waals surface area (Å²) in [6.45, 7) is 0. The molecule has 0 aromatic heterocycles. The topological polar surface area (TPSA) is 23.8 Å². The van der Waals surface area contributed by atoms with Gasteiger partial charge in [-0.15, -0.1) is 0 Å². The molecule has 0 radical (unpaired) electrons. The van der Waals surface area contributed by atoms with E-state index in [4.69, 9.17) is 5.26 Å². The SMILES string of the molecule is N#CCc1cc(F)cc(-c2ccc(F)cc2)c1. The van der Waals surface area contributed by atoms with Crippen LogP contribution in [0.15, 0.2) is 42.5 Å². The molecule has 84 valence electrons. The van der Waals surface area contributed by atoms with Crippen LogP contribution in [-0.2, 0) is 6.42 Å². The van der Waals surface area contributed by atoms with Crippen LogP contribution in [0.25, 0.3) is 11.1 Å². The molecule has 0 aliphatic carbocycles. The van der Waals surface area contributed by atoms with Crippen LogP contribution in [-0.4, -0.2) is 0 Å². The number of nitrogens with zero attached hydrogens (tertiary/aromatic N) is 1. The number of nitriles is 1. The molecule has 0 unspecified atom stereocenters. The fourth-order valence-electron chi connectivity index (χ4n) is 1.65. The predicted molar refractivity (Wildman–Crippen MR) is 61.1 cm³/mol. The maximum Gasteiger partial charge on any atom is 0.124 e. The Morgan fingerprint density at radius 2 is 1.59 bits per heavy atom. The summed E-state index contributed by atoms with van der Waals surface area (Å²) in [4.78, 5) is 0. The first-order chi connectivity index (χ1) is 8.19. The lowest BCUT2D eigenvalue weighted by molar-refractivity contribution is 0.626. The van der Waals surface area contributed by atoms with Crippen LogP contribution >= 0.6 is 0 Å². The van der Waals surface area contributed by atoms with Crippen molar-refractivity contribution in [1.82, 2.24) is 0 Å². The average molecular weight is 229 g/mol. The van der Waals surface area contributed by atoms with Gasteiger partial charge in [-0.25, -0.2) is 8.78 Å². The molecule has 0 heterocycles. The second-order valence-electron chi connectivity index (χ2n) is 3.69. The Morgan fingerprint density at radius 1 is 0.882 bits per heavy atom. The van der Waals surface area contributed by atoms with Gasteiger partial charge in [0.05, 0.1) is 12.5 Å². The van der Waals surface area contributed by atoms with Gasteiger partial charge in [0.25, 0.3) is 0 Å². The maximum atomic E-state index is 13.3. The standard InChI is InChI=1S/C14H9F2N/c15-13-3-1-11(2-4-13)12-7-10(5-6-17)8-14(16)9-12/h1-4,7-9H,5H2. The van der Waals surface area contributed by atoms with Crippen LogP contribution in [0.2, 0.25) is 0 Å². The number of halogens is 2. The van der Waals surface area contributed by atoms with Crippen molar-refractivity contribution in [1.29, 1.82) is 5.26 Å². The van der Waals surface area contributed by atoms with Crippen molar-refractivity contribution < 1.29 is 8.78 Å². The third-order valence-electron chi connectivity index (χ3n) is 2.42. The minimum Gasteiger partial charge on any atom is -0.207 e. The van der Waals surface area contributed by atoms with Gasteiger partial charge in [-0.05, 0) is 47.0 Å². The maximum absolute atomic E-state index is 13.3.